The Labute approximate surface area is 221 Å². The van der Waals surface area contributed by atoms with E-state index in [1.807, 2.05) is 18.2 Å². The first-order valence-electron chi connectivity index (χ1n) is 11.0. The molecule has 0 atom stereocenters. The summed E-state index contributed by atoms with van der Waals surface area (Å²) < 4.78 is 18.2. The summed E-state index contributed by atoms with van der Waals surface area (Å²) in [5.74, 6) is 1.66. The van der Waals surface area contributed by atoms with Gasteiger partial charge in [0.15, 0.2) is 22.7 Å². The second kappa shape index (κ2) is 12.7. The molecule has 4 rings (SSSR count). The number of para-hydroxylation sites is 1. The lowest BCUT2D eigenvalue weighted by Crippen LogP contribution is -2.29. The first-order valence-corrected chi connectivity index (χ1v) is 12.9. The molecule has 2 aromatic carbocycles. The Morgan fingerprint density at radius 2 is 1.86 bits per heavy atom. The second-order valence-electron chi connectivity index (χ2n) is 7.32. The number of nitrogens with zero attached hydrogens (tertiary/aromatic N) is 4. The van der Waals surface area contributed by atoms with Gasteiger partial charge in [-0.15, -0.1) is 21.5 Å². The smallest absolute Gasteiger partial charge is 0.258 e. The maximum Gasteiger partial charge on any atom is 0.258 e. The van der Waals surface area contributed by atoms with Crippen molar-refractivity contribution in [3.8, 4) is 22.9 Å². The van der Waals surface area contributed by atoms with E-state index in [-0.39, 0.29) is 30.7 Å². The molecule has 11 nitrogen and oxygen atoms in total. The van der Waals surface area contributed by atoms with Crippen LogP contribution < -0.4 is 24.8 Å². The van der Waals surface area contributed by atoms with Gasteiger partial charge in [0.25, 0.3) is 5.91 Å². The van der Waals surface area contributed by atoms with Crippen LogP contribution in [0.5, 0.6) is 17.2 Å². The monoisotopic (exact) mass is 540 g/mol. The number of anilines is 1. The van der Waals surface area contributed by atoms with Crippen LogP contribution in [-0.2, 0) is 16.1 Å². The zero-order valence-electron chi connectivity index (χ0n) is 20.0. The third-order valence-electron chi connectivity index (χ3n) is 4.90. The van der Waals surface area contributed by atoms with Gasteiger partial charge in [-0.3, -0.25) is 14.2 Å². The van der Waals surface area contributed by atoms with Crippen molar-refractivity contribution < 1.29 is 23.8 Å². The highest BCUT2D eigenvalue weighted by atomic mass is 32.2. The summed E-state index contributed by atoms with van der Waals surface area (Å²) in [6, 6.07) is 14.4. The van der Waals surface area contributed by atoms with Crippen LogP contribution in [0.1, 0.15) is 5.82 Å². The zero-order valence-corrected chi connectivity index (χ0v) is 21.7. The lowest BCUT2D eigenvalue weighted by Gasteiger charge is -2.15. The van der Waals surface area contributed by atoms with Crippen molar-refractivity contribution >= 4 is 40.0 Å². The molecule has 0 unspecified atom stereocenters. The largest absolute Gasteiger partial charge is 0.497 e. The molecular weight excluding hydrogens is 516 g/mol. The first-order chi connectivity index (χ1) is 18.1. The van der Waals surface area contributed by atoms with Gasteiger partial charge in [-0.25, -0.2) is 4.98 Å². The number of nitrogens with one attached hydrogen (secondary N) is 2. The zero-order chi connectivity index (χ0) is 26.0. The predicted octanol–water partition coefficient (Wildman–Crippen LogP) is 3.17. The van der Waals surface area contributed by atoms with E-state index in [0.29, 0.717) is 39.0 Å². The van der Waals surface area contributed by atoms with Gasteiger partial charge >= 0.3 is 0 Å². The summed E-state index contributed by atoms with van der Waals surface area (Å²) in [7, 11) is 3.11. The van der Waals surface area contributed by atoms with Crippen molar-refractivity contribution in [1.82, 2.24) is 25.1 Å². The molecule has 0 saturated carbocycles. The fourth-order valence-corrected chi connectivity index (χ4v) is 4.50. The number of amides is 2. The summed E-state index contributed by atoms with van der Waals surface area (Å²) in [5, 5.41) is 16.8. The molecule has 192 valence electrons. The fourth-order valence-electron chi connectivity index (χ4n) is 3.19. The Morgan fingerprint density at radius 1 is 1.03 bits per heavy atom. The number of thioether (sulfide) groups is 1. The quantitative estimate of drug-likeness (QED) is 0.260. The summed E-state index contributed by atoms with van der Waals surface area (Å²) in [6.07, 6.45) is 1.62. The van der Waals surface area contributed by atoms with Gasteiger partial charge in [0, 0.05) is 17.6 Å². The Kier molecular flexibility index (Phi) is 8.94. The van der Waals surface area contributed by atoms with Crippen molar-refractivity contribution in [1.29, 1.82) is 0 Å². The lowest BCUT2D eigenvalue weighted by molar-refractivity contribution is -0.123. The van der Waals surface area contributed by atoms with E-state index in [1.165, 1.54) is 23.1 Å². The van der Waals surface area contributed by atoms with E-state index < -0.39 is 0 Å². The van der Waals surface area contributed by atoms with E-state index in [9.17, 15) is 9.59 Å². The fraction of sp³-hybridized carbons (Fsp3) is 0.208. The molecule has 2 amide bonds. The predicted molar refractivity (Wildman–Crippen MR) is 140 cm³/mol. The summed E-state index contributed by atoms with van der Waals surface area (Å²) >= 11 is 2.52. The van der Waals surface area contributed by atoms with Crippen molar-refractivity contribution in [2.24, 2.45) is 0 Å². The number of carbonyl (C=O) groups is 2. The topological polar surface area (TPSA) is 129 Å². The molecule has 0 radical (unpaired) electrons. The molecule has 0 spiro atoms. The van der Waals surface area contributed by atoms with Gasteiger partial charge in [0.05, 0.1) is 32.2 Å². The molecule has 0 fully saturated rings. The maximum atomic E-state index is 12.4. The number of methoxy groups -OCH3 is 2. The Balaban J connectivity index is 1.52. The van der Waals surface area contributed by atoms with Crippen molar-refractivity contribution in [3.05, 3.63) is 65.9 Å². The van der Waals surface area contributed by atoms with Gasteiger partial charge in [-0.2, -0.15) is 0 Å². The number of hydrogen-bond acceptors (Lipinski definition) is 10. The molecule has 2 heterocycles. The standard InChI is InChI=1S/C24H24N6O5S2/c1-33-17-8-9-19(34-2)18(12-17)30-20(13-26-21(31)14-35-16-6-4-3-5-7-16)28-29-24(30)37-15-22(32)27-23-25-10-11-36-23/h3-12H,13-15H2,1-2H3,(H,26,31)(H,25,27,32). The Morgan fingerprint density at radius 3 is 2.59 bits per heavy atom. The van der Waals surface area contributed by atoms with Gasteiger partial charge < -0.3 is 24.8 Å². The van der Waals surface area contributed by atoms with Crippen LogP contribution in [0.15, 0.2) is 65.3 Å². The van der Waals surface area contributed by atoms with E-state index in [1.54, 1.807) is 60.7 Å². The van der Waals surface area contributed by atoms with Gasteiger partial charge in [-0.1, -0.05) is 30.0 Å². The lowest BCUT2D eigenvalue weighted by atomic mass is 10.2. The van der Waals surface area contributed by atoms with Gasteiger partial charge in [0.1, 0.15) is 17.2 Å². The molecule has 13 heteroatoms. The summed E-state index contributed by atoms with van der Waals surface area (Å²) in [6.45, 7) is -0.0879. The molecule has 4 aromatic rings. The number of thiazole rings is 1. The number of ether oxygens (including phenoxy) is 3. The number of aromatic nitrogens is 4. The third-order valence-corrected chi connectivity index (χ3v) is 6.51. The van der Waals surface area contributed by atoms with E-state index in [2.05, 4.69) is 25.8 Å². The van der Waals surface area contributed by atoms with Crippen molar-refractivity contribution in [2.45, 2.75) is 11.7 Å². The normalized spacial score (nSPS) is 10.5. The maximum absolute atomic E-state index is 12.4. The van der Waals surface area contributed by atoms with Crippen LogP contribution in [0, 0.1) is 0 Å². The summed E-state index contributed by atoms with van der Waals surface area (Å²) in [4.78, 5) is 28.9. The van der Waals surface area contributed by atoms with Crippen molar-refractivity contribution in [3.63, 3.8) is 0 Å². The number of rotatable bonds is 12. The van der Waals surface area contributed by atoms with E-state index in [4.69, 9.17) is 14.2 Å². The number of hydrogen-bond donors (Lipinski definition) is 2. The molecule has 0 aliphatic rings. The minimum absolute atomic E-state index is 0.0657. The highest BCUT2D eigenvalue weighted by Crippen LogP contribution is 2.32. The SMILES string of the molecule is COc1ccc(OC)c(-n2c(CNC(=O)COc3ccccc3)nnc2SCC(=O)Nc2nccs2)c1. The van der Waals surface area contributed by atoms with Crippen LogP contribution >= 0.6 is 23.1 Å². The van der Waals surface area contributed by atoms with Crippen LogP contribution in [-0.4, -0.2) is 58.1 Å². The van der Waals surface area contributed by atoms with Crippen LogP contribution in [0.25, 0.3) is 5.69 Å². The van der Waals surface area contributed by atoms with Gasteiger partial charge in [-0.05, 0) is 24.3 Å². The molecule has 0 aliphatic carbocycles. The van der Waals surface area contributed by atoms with E-state index >= 15 is 0 Å². The van der Waals surface area contributed by atoms with E-state index in [0.717, 1.165) is 0 Å². The Bertz CT molecular complexity index is 1330. The molecule has 37 heavy (non-hydrogen) atoms. The van der Waals surface area contributed by atoms with Gasteiger partial charge in [0.2, 0.25) is 5.91 Å². The molecule has 0 saturated heterocycles. The molecular formula is C24H24N6O5S2. The average molecular weight is 541 g/mol. The number of carbonyl (C=O) groups excluding carboxylic acids is 2. The highest BCUT2D eigenvalue weighted by molar-refractivity contribution is 7.99. The Hall–Kier alpha value is -4.10. The average Bonchev–Trinajstić information content (AvgIpc) is 3.59. The molecule has 2 aromatic heterocycles. The summed E-state index contributed by atoms with van der Waals surface area (Å²) in [5.41, 5.74) is 0.597. The van der Waals surface area contributed by atoms with Crippen LogP contribution in [0.4, 0.5) is 5.13 Å². The minimum Gasteiger partial charge on any atom is -0.497 e. The third kappa shape index (κ3) is 6.98. The minimum atomic E-state index is -0.326. The highest BCUT2D eigenvalue weighted by Gasteiger charge is 2.20. The first kappa shape index (κ1) is 26.0. The van der Waals surface area contributed by atoms with Crippen LogP contribution in [0.2, 0.25) is 0 Å². The van der Waals surface area contributed by atoms with Crippen molar-refractivity contribution in [2.75, 3.05) is 31.9 Å². The number of benzene rings is 2. The molecule has 0 aliphatic heterocycles. The molecule has 2 N–H and O–H groups in total. The second-order valence-corrected chi connectivity index (χ2v) is 9.16. The molecule has 0 bridgehead atoms. The van der Waals surface area contributed by atoms with Crippen LogP contribution in [0.3, 0.4) is 0 Å².